The number of rotatable bonds is 8. The quantitative estimate of drug-likeness (QED) is 0.139. The second-order valence-electron chi connectivity index (χ2n) is 50.4. The largest absolute Gasteiger partial charge is 0.436 e. The Kier molecular flexibility index (Phi) is 22.6. The number of fused-ring (bicyclic) bond motifs is 10. The van der Waals surface area contributed by atoms with Crippen LogP contribution in [0.2, 0.25) is 0 Å². The van der Waals surface area contributed by atoms with Crippen molar-refractivity contribution >= 4 is 137 Å². The molecular formula is C128H140B2N6O2. The van der Waals surface area contributed by atoms with E-state index in [-0.39, 0.29) is 67.6 Å². The van der Waals surface area contributed by atoms with E-state index in [2.05, 4.69) is 508 Å². The minimum Gasteiger partial charge on any atom is -0.436 e. The SMILES string of the molecule is Cc1cc2c3c(c1)N(c1cc(C(C)(C)C)cc(C(C)(C)C)c1)c1cc4nc(-c5ccc(-c6ccc(C(C)(C)C)cc6)cc5)oc4cc1B3c1cc(C(C)(C)C)ccc1N2c1cc(C(C)(C)C)cc(C(C)(C)C)c1.Cc1cc2c3c(c1)N(c1ccc(C(C)(C)C)cc1)c1cc4nc(-c5ccc(-c6ccc(C(C)(C)C)cc6)cc5)oc4cc1B3c1cc(C(C)(C)C)ccc1N2c1ccc(C(C)(C)C)cc1. The molecule has 14 aromatic carbocycles. The Bertz CT molecular complexity index is 7400. The maximum Gasteiger partial charge on any atom is 0.252 e. The molecule has 20 rings (SSSR count). The molecule has 10 heteroatoms. The van der Waals surface area contributed by atoms with Gasteiger partial charge in [-0.15, -0.1) is 0 Å². The van der Waals surface area contributed by atoms with Gasteiger partial charge in [0.15, 0.2) is 11.2 Å². The highest BCUT2D eigenvalue weighted by atomic mass is 16.4. The summed E-state index contributed by atoms with van der Waals surface area (Å²) in [4.78, 5) is 20.7. The molecular weight excluding hydrogens is 1680 g/mol. The van der Waals surface area contributed by atoms with Crippen LogP contribution in [-0.2, 0) is 54.1 Å². The molecule has 0 saturated carbocycles. The summed E-state index contributed by atoms with van der Waals surface area (Å²) in [5.41, 5.74) is 47.2. The summed E-state index contributed by atoms with van der Waals surface area (Å²) in [5, 5.41) is 0. The zero-order valence-electron chi connectivity index (χ0n) is 88.1. The standard InChI is InChI=1S/C68H78BN3O.C60H62BN3O/c1-41-30-58-61-59(31-41)72(52-36-49(67(14,15)16)33-50(37-52)68(17,18)19)57-40-55-60(73-62(70-55)44-22-20-42(21-23-44)43-24-26-45(27-25-43)63(2,3)4)39-54(57)69(61)53-38-46(64(5,6)7)28-29-56(53)71(58)51-34-47(65(8,9)10)32-48(35-51)66(11,12)13;1-37-32-52-55-53(33-37)64(46-29-24-43(25-30-46)59(8,9)10)51-36-49-54(65-56(62-49)40-16-14-38(15-17-40)39-18-20-41(21-19-39)57(2,3)4)35-48(51)61(55)47-34-44(60(11,12)13)26-31-50(47)63(52)45-27-22-42(23-28-45)58(5,6)7/h20-40H,1-19H3;14-36H,1-13H3. The topological polar surface area (TPSA) is 65.0 Å². The van der Waals surface area contributed by atoms with Crippen molar-refractivity contribution in [2.75, 3.05) is 19.6 Å². The van der Waals surface area contributed by atoms with Gasteiger partial charge in [-0.2, -0.15) is 0 Å². The summed E-state index contributed by atoms with van der Waals surface area (Å²) in [6.45, 7) is 73.6. The maximum atomic E-state index is 6.94. The van der Waals surface area contributed by atoms with Gasteiger partial charge in [0.25, 0.3) is 13.4 Å². The third kappa shape index (κ3) is 17.4. The smallest absolute Gasteiger partial charge is 0.252 e. The second-order valence-corrected chi connectivity index (χ2v) is 50.4. The second kappa shape index (κ2) is 33.0. The molecule has 0 unspecified atom stereocenters. The molecule has 8 nitrogen and oxygen atoms in total. The number of anilines is 12. The molecule has 4 aliphatic heterocycles. The molecule has 16 aromatic rings. The first-order valence-electron chi connectivity index (χ1n) is 50.1. The van der Waals surface area contributed by atoms with Crippen LogP contribution in [0.25, 0.3) is 67.4 Å². The lowest BCUT2D eigenvalue weighted by Gasteiger charge is -2.45. The molecule has 0 fully saturated rings. The van der Waals surface area contributed by atoms with E-state index in [4.69, 9.17) is 18.8 Å². The van der Waals surface area contributed by atoms with Gasteiger partial charge in [-0.25, -0.2) is 9.97 Å². The predicted molar refractivity (Wildman–Crippen MR) is 594 cm³/mol. The molecule has 6 heterocycles. The first-order valence-corrected chi connectivity index (χ1v) is 50.1. The summed E-state index contributed by atoms with van der Waals surface area (Å²) in [6, 6.07) is 102. The lowest BCUT2D eigenvalue weighted by atomic mass is 9.33. The van der Waals surface area contributed by atoms with E-state index in [1.807, 2.05) is 0 Å². The molecule has 0 saturated heterocycles. The number of hydrogen-bond acceptors (Lipinski definition) is 8. The van der Waals surface area contributed by atoms with Crippen LogP contribution in [0.15, 0.2) is 276 Å². The number of nitrogens with zero attached hydrogens (tertiary/aromatic N) is 6. The van der Waals surface area contributed by atoms with Crippen molar-refractivity contribution < 1.29 is 8.83 Å². The molecule has 138 heavy (non-hydrogen) atoms. The molecule has 0 radical (unpaired) electrons. The first-order chi connectivity index (χ1) is 64.5. The monoisotopic (exact) mass is 1820 g/mol. The van der Waals surface area contributed by atoms with Crippen molar-refractivity contribution in [2.45, 2.75) is 276 Å². The van der Waals surface area contributed by atoms with Gasteiger partial charge in [-0.05, 0) is 323 Å². The van der Waals surface area contributed by atoms with Crippen LogP contribution in [-0.4, -0.2) is 23.4 Å². The summed E-state index contributed by atoms with van der Waals surface area (Å²) >= 11 is 0. The Morgan fingerprint density at radius 1 is 0.196 bits per heavy atom. The molecule has 0 aliphatic carbocycles. The fourth-order valence-electron chi connectivity index (χ4n) is 20.8. The van der Waals surface area contributed by atoms with Crippen LogP contribution in [0.5, 0.6) is 0 Å². The van der Waals surface area contributed by atoms with Crippen LogP contribution < -0.4 is 52.4 Å². The zero-order valence-corrected chi connectivity index (χ0v) is 88.1. The van der Waals surface area contributed by atoms with Crippen LogP contribution in [0.3, 0.4) is 0 Å². The van der Waals surface area contributed by atoms with Crippen LogP contribution in [0.1, 0.15) is 274 Å². The van der Waals surface area contributed by atoms with Gasteiger partial charge in [-0.3, -0.25) is 0 Å². The fraction of sp³-hybridized carbons (Fsp3) is 0.328. The van der Waals surface area contributed by atoms with Gasteiger partial charge in [0.2, 0.25) is 11.8 Å². The fourth-order valence-corrected chi connectivity index (χ4v) is 20.8. The average molecular weight is 1820 g/mol. The molecule has 0 atom stereocenters. The molecule has 0 N–H and O–H groups in total. The zero-order chi connectivity index (χ0) is 98.7. The Morgan fingerprint density at radius 2 is 0.420 bits per heavy atom. The van der Waals surface area contributed by atoms with Crippen molar-refractivity contribution in [3.63, 3.8) is 0 Å². The van der Waals surface area contributed by atoms with E-state index in [1.54, 1.807) is 0 Å². The average Bonchev–Trinajstić information content (AvgIpc) is 0.965. The Labute approximate surface area is 824 Å². The highest BCUT2D eigenvalue weighted by molar-refractivity contribution is 7.01. The summed E-state index contributed by atoms with van der Waals surface area (Å²) in [7, 11) is 0. The first kappa shape index (κ1) is 94.3. The van der Waals surface area contributed by atoms with Crippen LogP contribution in [0, 0.1) is 13.8 Å². The molecule has 2 aromatic heterocycles. The Hall–Kier alpha value is -12.7. The van der Waals surface area contributed by atoms with Crippen molar-refractivity contribution in [2.24, 2.45) is 0 Å². The van der Waals surface area contributed by atoms with Crippen molar-refractivity contribution in [1.29, 1.82) is 0 Å². The van der Waals surface area contributed by atoms with Gasteiger partial charge in [0.05, 0.1) is 0 Å². The Morgan fingerprint density at radius 3 is 0.696 bits per heavy atom. The molecule has 700 valence electrons. The van der Waals surface area contributed by atoms with Crippen molar-refractivity contribution in [3.05, 3.63) is 334 Å². The number of aromatic nitrogens is 2. The van der Waals surface area contributed by atoms with E-state index in [0.29, 0.717) is 11.8 Å². The summed E-state index contributed by atoms with van der Waals surface area (Å²) in [6.07, 6.45) is 0. The molecule has 0 spiro atoms. The third-order valence-corrected chi connectivity index (χ3v) is 29.4. The minimum absolute atomic E-state index is 0.0296. The van der Waals surface area contributed by atoms with E-state index in [0.717, 1.165) is 61.8 Å². The lowest BCUT2D eigenvalue weighted by molar-refractivity contribution is 0.568. The molecule has 0 bridgehead atoms. The summed E-state index contributed by atoms with van der Waals surface area (Å²) in [5.74, 6) is 1.24. The predicted octanol–water partition coefficient (Wildman–Crippen LogP) is 32.1. The van der Waals surface area contributed by atoms with Gasteiger partial charge in [-0.1, -0.05) is 341 Å². The third-order valence-electron chi connectivity index (χ3n) is 29.4. The highest BCUT2D eigenvalue weighted by Crippen LogP contribution is 2.52. The van der Waals surface area contributed by atoms with Crippen LogP contribution in [0.4, 0.5) is 68.2 Å². The summed E-state index contributed by atoms with van der Waals surface area (Å²) < 4.78 is 13.8. The Balaban J connectivity index is 0.000000177. The number of aryl methyl sites for hydroxylation is 2. The van der Waals surface area contributed by atoms with Crippen LogP contribution >= 0.6 is 0 Å². The normalized spacial score (nSPS) is 14.0. The van der Waals surface area contributed by atoms with Crippen molar-refractivity contribution in [1.82, 2.24) is 9.97 Å². The van der Waals surface area contributed by atoms with Gasteiger partial charge in [0.1, 0.15) is 11.0 Å². The van der Waals surface area contributed by atoms with Gasteiger partial charge < -0.3 is 28.4 Å². The van der Waals surface area contributed by atoms with Crippen molar-refractivity contribution in [3.8, 4) is 45.2 Å². The maximum absolute atomic E-state index is 6.94. The van der Waals surface area contributed by atoms with E-state index in [1.165, 1.54) is 162 Å². The highest BCUT2D eigenvalue weighted by Gasteiger charge is 2.48. The number of oxazole rings is 2. The van der Waals surface area contributed by atoms with E-state index < -0.39 is 0 Å². The number of benzene rings is 14. The minimum atomic E-state index is -0.0897. The number of hydrogen-bond donors (Lipinski definition) is 0. The van der Waals surface area contributed by atoms with E-state index in [9.17, 15) is 0 Å². The van der Waals surface area contributed by atoms with Gasteiger partial charge >= 0.3 is 0 Å². The van der Waals surface area contributed by atoms with Gasteiger partial charge in [0, 0.05) is 79.4 Å². The van der Waals surface area contributed by atoms with E-state index >= 15 is 0 Å². The molecule has 4 aliphatic rings. The molecule has 0 amide bonds. The lowest BCUT2D eigenvalue weighted by Crippen LogP contribution is -2.61.